The highest BCUT2D eigenvalue weighted by atomic mass is 15.2. The minimum Gasteiger partial charge on any atom is -0.305 e. The zero-order valence-corrected chi connectivity index (χ0v) is 5.94. The van der Waals surface area contributed by atoms with Gasteiger partial charge in [0.1, 0.15) is 0 Å². The van der Waals surface area contributed by atoms with Crippen molar-refractivity contribution in [2.75, 3.05) is 18.0 Å². The van der Waals surface area contributed by atoms with Gasteiger partial charge in [-0.1, -0.05) is 0 Å². The van der Waals surface area contributed by atoms with Gasteiger partial charge in [0.15, 0.2) is 12.2 Å². The number of aliphatic imine (C=N–C) groups is 1. The molecule has 0 bridgehead atoms. The quantitative estimate of drug-likeness (QED) is 0.570. The van der Waals surface area contributed by atoms with Gasteiger partial charge in [0.25, 0.3) is 0 Å². The molecule has 0 atom stereocenters. The average Bonchev–Trinajstić information content (AvgIpc) is 2.58. The minimum absolute atomic E-state index is 0.802. The molecule has 0 amide bonds. The predicted molar refractivity (Wildman–Crippen MR) is 41.7 cm³/mol. The van der Waals surface area contributed by atoms with E-state index in [-0.39, 0.29) is 0 Å². The number of hydrogen-bond donors (Lipinski definition) is 0. The van der Waals surface area contributed by atoms with Gasteiger partial charge < -0.3 is 4.90 Å². The van der Waals surface area contributed by atoms with Crippen LogP contribution in [0.25, 0.3) is 0 Å². The molecule has 0 saturated heterocycles. The Kier molecular flexibility index (Phi) is 1.51. The first-order valence-corrected chi connectivity index (χ1v) is 3.42. The van der Waals surface area contributed by atoms with Crippen molar-refractivity contribution in [3.63, 3.8) is 0 Å². The first kappa shape index (κ1) is 6.27. The molecule has 0 fully saturated rings. The van der Waals surface area contributed by atoms with Crippen molar-refractivity contribution in [1.82, 2.24) is 9.97 Å². The minimum atomic E-state index is 0.802. The van der Waals surface area contributed by atoms with Crippen LogP contribution in [0.3, 0.4) is 0 Å². The topological polar surface area (TPSA) is 41.4 Å². The Labute approximate surface area is 64.6 Å². The van der Waals surface area contributed by atoms with Crippen molar-refractivity contribution in [2.24, 2.45) is 4.99 Å². The Hall–Kier alpha value is -1.45. The zero-order valence-electron chi connectivity index (χ0n) is 5.94. The molecular weight excluding hydrogens is 140 g/mol. The predicted octanol–water partition coefficient (Wildman–Crippen LogP) is 0.202. The number of aromatic nitrogens is 2. The zero-order chi connectivity index (χ0) is 7.52. The highest BCUT2D eigenvalue weighted by Crippen LogP contribution is 2.07. The molecule has 4 heteroatoms. The summed E-state index contributed by atoms with van der Waals surface area (Å²) in [5, 5.41) is 0. The second kappa shape index (κ2) is 2.65. The normalized spacial score (nSPS) is 15.8. The summed E-state index contributed by atoms with van der Waals surface area (Å²) in [5.74, 6) is 0.814. The van der Waals surface area contributed by atoms with E-state index in [9.17, 15) is 0 Å². The standard InChI is InChI=1S/C7H7N4/c1-2-10-7(5-8-1)11-4-3-9-6-11/h1-2,5H,3-4H2. The molecule has 0 N–H and O–H groups in total. The van der Waals surface area contributed by atoms with Gasteiger partial charge in [-0.3, -0.25) is 9.98 Å². The molecule has 55 valence electrons. The Balaban J connectivity index is 2.23. The van der Waals surface area contributed by atoms with Gasteiger partial charge >= 0.3 is 0 Å². The van der Waals surface area contributed by atoms with Gasteiger partial charge in [0.2, 0.25) is 0 Å². The summed E-state index contributed by atoms with van der Waals surface area (Å²) in [4.78, 5) is 13.8. The fraction of sp³-hybridized carbons (Fsp3) is 0.286. The number of hydrogen-bond acceptors (Lipinski definition) is 4. The Morgan fingerprint density at radius 3 is 3.09 bits per heavy atom. The molecule has 0 spiro atoms. The van der Waals surface area contributed by atoms with E-state index in [0.29, 0.717) is 0 Å². The van der Waals surface area contributed by atoms with Crippen LogP contribution in [0, 0.1) is 0 Å². The van der Waals surface area contributed by atoms with E-state index in [1.54, 1.807) is 18.6 Å². The van der Waals surface area contributed by atoms with Gasteiger partial charge in [-0.05, 0) is 0 Å². The van der Waals surface area contributed by atoms with E-state index in [1.807, 2.05) is 4.90 Å². The molecular formula is C7H7N4. The van der Waals surface area contributed by atoms with E-state index in [1.165, 1.54) is 0 Å². The summed E-state index contributed by atoms with van der Waals surface area (Å²) in [6.45, 7) is 1.66. The molecule has 0 aliphatic carbocycles. The lowest BCUT2D eigenvalue weighted by atomic mass is 10.5. The van der Waals surface area contributed by atoms with Crippen LogP contribution in [0.2, 0.25) is 0 Å². The molecule has 0 unspecified atom stereocenters. The summed E-state index contributed by atoms with van der Waals surface area (Å²) in [6, 6.07) is 0. The maximum Gasteiger partial charge on any atom is 0.173 e. The van der Waals surface area contributed by atoms with Crippen molar-refractivity contribution in [1.29, 1.82) is 0 Å². The number of nitrogens with zero attached hydrogens (tertiary/aromatic N) is 4. The molecule has 1 radical (unpaired) electrons. The summed E-state index contributed by atoms with van der Waals surface area (Å²) in [5.41, 5.74) is 0. The van der Waals surface area contributed by atoms with Gasteiger partial charge in [-0.25, -0.2) is 4.98 Å². The third-order valence-corrected chi connectivity index (χ3v) is 1.45. The van der Waals surface area contributed by atoms with Crippen molar-refractivity contribution in [2.45, 2.75) is 0 Å². The second-order valence-corrected chi connectivity index (χ2v) is 2.20. The van der Waals surface area contributed by atoms with E-state index in [2.05, 4.69) is 21.3 Å². The van der Waals surface area contributed by atoms with Crippen molar-refractivity contribution in [3.8, 4) is 0 Å². The lowest BCUT2D eigenvalue weighted by molar-refractivity contribution is 0.991. The highest BCUT2D eigenvalue weighted by molar-refractivity contribution is 5.78. The van der Waals surface area contributed by atoms with E-state index >= 15 is 0 Å². The molecule has 1 aromatic rings. The SMILES string of the molecule is [C]1=NCCN1c1cnccn1. The fourth-order valence-corrected chi connectivity index (χ4v) is 0.932. The molecule has 1 aliphatic heterocycles. The Morgan fingerprint density at radius 2 is 2.45 bits per heavy atom. The van der Waals surface area contributed by atoms with Crippen molar-refractivity contribution in [3.05, 3.63) is 18.6 Å². The first-order valence-electron chi connectivity index (χ1n) is 3.42. The van der Waals surface area contributed by atoms with Crippen LogP contribution < -0.4 is 4.90 Å². The summed E-state index contributed by atoms with van der Waals surface area (Å²) in [7, 11) is 0. The van der Waals surface area contributed by atoms with Crippen molar-refractivity contribution >= 4 is 12.2 Å². The lowest BCUT2D eigenvalue weighted by Crippen LogP contribution is -2.19. The van der Waals surface area contributed by atoms with Crippen LogP contribution in [-0.2, 0) is 0 Å². The molecule has 4 nitrogen and oxygen atoms in total. The van der Waals surface area contributed by atoms with Gasteiger partial charge in [-0.15, -0.1) is 0 Å². The molecule has 0 saturated carbocycles. The summed E-state index contributed by atoms with van der Waals surface area (Å²) in [6.07, 6.45) is 7.84. The van der Waals surface area contributed by atoms with Gasteiger partial charge in [0, 0.05) is 18.9 Å². The largest absolute Gasteiger partial charge is 0.305 e. The lowest BCUT2D eigenvalue weighted by Gasteiger charge is -2.09. The van der Waals surface area contributed by atoms with E-state index in [4.69, 9.17) is 0 Å². The maximum atomic E-state index is 4.10. The van der Waals surface area contributed by atoms with Crippen LogP contribution in [0.1, 0.15) is 0 Å². The first-order chi connectivity index (χ1) is 5.47. The highest BCUT2D eigenvalue weighted by Gasteiger charge is 2.08. The third kappa shape index (κ3) is 1.19. The van der Waals surface area contributed by atoms with E-state index in [0.717, 1.165) is 18.9 Å². The average molecular weight is 147 g/mol. The maximum absolute atomic E-state index is 4.10. The van der Waals surface area contributed by atoms with Crippen LogP contribution >= 0.6 is 0 Å². The van der Waals surface area contributed by atoms with Gasteiger partial charge in [-0.2, -0.15) is 0 Å². The van der Waals surface area contributed by atoms with Crippen LogP contribution in [0.15, 0.2) is 23.6 Å². The third-order valence-electron chi connectivity index (χ3n) is 1.45. The van der Waals surface area contributed by atoms with Crippen LogP contribution in [0.5, 0.6) is 0 Å². The van der Waals surface area contributed by atoms with Crippen molar-refractivity contribution < 1.29 is 0 Å². The monoisotopic (exact) mass is 147 g/mol. The van der Waals surface area contributed by atoms with Gasteiger partial charge in [0.05, 0.1) is 12.7 Å². The van der Waals surface area contributed by atoms with Crippen LogP contribution in [-0.4, -0.2) is 29.4 Å². The Morgan fingerprint density at radius 1 is 1.45 bits per heavy atom. The van der Waals surface area contributed by atoms with E-state index < -0.39 is 0 Å². The molecule has 11 heavy (non-hydrogen) atoms. The fourth-order valence-electron chi connectivity index (χ4n) is 0.932. The Bertz CT molecular complexity index is 256. The molecule has 1 aromatic heterocycles. The molecule has 1 aliphatic rings. The molecule has 2 rings (SSSR count). The second-order valence-electron chi connectivity index (χ2n) is 2.20. The number of anilines is 1. The summed E-state index contributed by atoms with van der Waals surface area (Å²) >= 11 is 0. The number of rotatable bonds is 1. The molecule has 2 heterocycles. The smallest absolute Gasteiger partial charge is 0.173 e. The summed E-state index contributed by atoms with van der Waals surface area (Å²) < 4.78 is 0. The van der Waals surface area contributed by atoms with Crippen LogP contribution in [0.4, 0.5) is 5.82 Å². The molecule has 0 aromatic carbocycles.